The lowest BCUT2D eigenvalue weighted by atomic mass is 9.95. The lowest BCUT2D eigenvalue weighted by molar-refractivity contribution is 0.0909. The van der Waals surface area contributed by atoms with Crippen LogP contribution in [0.1, 0.15) is 47.4 Å². The van der Waals surface area contributed by atoms with E-state index in [1.165, 1.54) is 0 Å². The van der Waals surface area contributed by atoms with Gasteiger partial charge in [0.25, 0.3) is 11.8 Å². The smallest absolute Gasteiger partial charge is 0.253 e. The number of para-hydroxylation sites is 4. The summed E-state index contributed by atoms with van der Waals surface area (Å²) < 4.78 is 1.73. The number of halogens is 2. The minimum Gasteiger partial charge on any atom is -0.348 e. The van der Waals surface area contributed by atoms with Crippen LogP contribution in [0.15, 0.2) is 93.9 Å². The van der Waals surface area contributed by atoms with Crippen LogP contribution in [0, 0.1) is 0 Å². The first-order valence-corrected chi connectivity index (χ1v) is 16.2. The zero-order chi connectivity index (χ0) is 31.0. The van der Waals surface area contributed by atoms with Crippen LogP contribution in [0.5, 0.6) is 0 Å². The first-order valence-electron chi connectivity index (χ1n) is 14.6. The van der Waals surface area contributed by atoms with Crippen molar-refractivity contribution in [2.75, 3.05) is 0 Å². The van der Waals surface area contributed by atoms with Gasteiger partial charge in [-0.3, -0.25) is 9.59 Å². The van der Waals surface area contributed by atoms with Crippen LogP contribution in [-0.4, -0.2) is 39.9 Å². The fourth-order valence-electron chi connectivity index (χ4n) is 5.78. The summed E-state index contributed by atoms with van der Waals surface area (Å²) >= 11 is 7.16. The van der Waals surface area contributed by atoms with Crippen LogP contribution < -0.4 is 16.4 Å². The number of nitrogens with zero attached hydrogens (tertiary/aromatic N) is 2. The highest BCUT2D eigenvalue weighted by molar-refractivity contribution is 9.11. The van der Waals surface area contributed by atoms with E-state index in [4.69, 9.17) is 15.7 Å². The SMILES string of the molecule is CCC(NC(=O)c1cccc2cc3cccc(Br)c3nc12)C(N)C(CC)NC(=O)c1cccc2cc3cccc(Br)c3nc12. The van der Waals surface area contributed by atoms with E-state index in [1.54, 1.807) is 12.1 Å². The number of carbonyl (C=O) groups is 2. The van der Waals surface area contributed by atoms with Crippen LogP contribution in [0.25, 0.3) is 43.6 Å². The number of nitrogens with one attached hydrogen (secondary N) is 2. The molecule has 7 nitrogen and oxygen atoms in total. The number of amides is 2. The first-order chi connectivity index (χ1) is 21.3. The summed E-state index contributed by atoms with van der Waals surface area (Å²) in [6.45, 7) is 3.95. The topological polar surface area (TPSA) is 110 Å². The molecular formula is C35H31Br2N5O2. The molecule has 9 heteroatoms. The lowest BCUT2D eigenvalue weighted by Crippen LogP contribution is -2.58. The van der Waals surface area contributed by atoms with Crippen molar-refractivity contribution in [1.29, 1.82) is 0 Å². The Labute approximate surface area is 271 Å². The standard InChI is InChI=1S/C35H31Br2N5O2/c1-3-27(39-34(43)23-13-5-9-19-17-21-11-7-15-25(36)32(21)41-30(19)23)29(38)28(4-2)40-35(44)24-14-6-10-20-18-22-12-8-16-26(37)33(22)42-31(20)24/h5-18,27-29H,3-4,38H2,1-2H3,(H,39,43)(H,40,44). The Morgan fingerprint density at radius 2 is 1.00 bits per heavy atom. The minimum absolute atomic E-state index is 0.256. The molecular weight excluding hydrogens is 682 g/mol. The number of rotatable bonds is 8. The van der Waals surface area contributed by atoms with Gasteiger partial charge in [-0.05, 0) is 81.1 Å². The summed E-state index contributed by atoms with van der Waals surface area (Å²) in [4.78, 5) is 37.0. The third kappa shape index (κ3) is 5.67. The number of nitrogens with two attached hydrogens (primary N) is 1. The summed E-state index contributed by atoms with van der Waals surface area (Å²) in [5.41, 5.74) is 10.6. The van der Waals surface area contributed by atoms with Gasteiger partial charge in [-0.2, -0.15) is 0 Å². The van der Waals surface area contributed by atoms with Gasteiger partial charge in [0, 0.05) is 48.6 Å². The highest BCUT2D eigenvalue weighted by Gasteiger charge is 2.28. The van der Waals surface area contributed by atoms with Crippen molar-refractivity contribution in [3.05, 3.63) is 105 Å². The molecule has 2 heterocycles. The van der Waals surface area contributed by atoms with Gasteiger partial charge in [-0.1, -0.05) is 62.4 Å². The average Bonchev–Trinajstić information content (AvgIpc) is 3.03. The number of hydrogen-bond donors (Lipinski definition) is 3. The maximum atomic E-state index is 13.7. The largest absolute Gasteiger partial charge is 0.348 e. The van der Waals surface area contributed by atoms with E-state index >= 15 is 0 Å². The second-order valence-corrected chi connectivity index (χ2v) is 12.6. The Morgan fingerprint density at radius 1 is 0.636 bits per heavy atom. The number of fused-ring (bicyclic) bond motifs is 4. The van der Waals surface area contributed by atoms with Gasteiger partial charge in [0.15, 0.2) is 0 Å². The number of aromatic nitrogens is 2. The van der Waals surface area contributed by atoms with Crippen LogP contribution in [0.3, 0.4) is 0 Å². The van der Waals surface area contributed by atoms with Crippen molar-refractivity contribution in [2.45, 2.75) is 44.8 Å². The average molecular weight is 713 g/mol. The number of benzene rings is 4. The molecule has 0 bridgehead atoms. The highest BCUT2D eigenvalue weighted by Crippen LogP contribution is 2.29. The second kappa shape index (κ2) is 12.6. The van der Waals surface area contributed by atoms with Gasteiger partial charge in [0.2, 0.25) is 0 Å². The Morgan fingerprint density at radius 3 is 1.39 bits per heavy atom. The molecule has 4 N–H and O–H groups in total. The second-order valence-electron chi connectivity index (χ2n) is 10.9. The monoisotopic (exact) mass is 711 g/mol. The van der Waals surface area contributed by atoms with Gasteiger partial charge in [0.05, 0.1) is 33.2 Å². The molecule has 0 radical (unpaired) electrons. The molecule has 4 aromatic carbocycles. The Bertz CT molecular complexity index is 1920. The molecule has 2 unspecified atom stereocenters. The zero-order valence-corrected chi connectivity index (χ0v) is 27.4. The Balaban J connectivity index is 1.25. The van der Waals surface area contributed by atoms with Gasteiger partial charge in [-0.15, -0.1) is 0 Å². The summed E-state index contributed by atoms with van der Waals surface area (Å²) in [6.07, 6.45) is 1.17. The van der Waals surface area contributed by atoms with Crippen molar-refractivity contribution in [1.82, 2.24) is 20.6 Å². The van der Waals surface area contributed by atoms with E-state index in [1.807, 2.05) is 86.6 Å². The molecule has 0 fully saturated rings. The van der Waals surface area contributed by atoms with E-state index in [0.717, 1.165) is 41.5 Å². The first kappa shape index (κ1) is 30.1. The summed E-state index contributed by atoms with van der Waals surface area (Å²) in [7, 11) is 0. The molecule has 6 aromatic rings. The molecule has 44 heavy (non-hydrogen) atoms. The molecule has 2 aromatic heterocycles. The van der Waals surface area contributed by atoms with Gasteiger partial charge >= 0.3 is 0 Å². The zero-order valence-electron chi connectivity index (χ0n) is 24.3. The van der Waals surface area contributed by atoms with Crippen molar-refractivity contribution >= 4 is 87.3 Å². The van der Waals surface area contributed by atoms with Crippen LogP contribution >= 0.6 is 31.9 Å². The molecule has 0 saturated heterocycles. The van der Waals surface area contributed by atoms with E-state index in [2.05, 4.69) is 42.5 Å². The minimum atomic E-state index is -0.534. The van der Waals surface area contributed by atoms with Crippen LogP contribution in [-0.2, 0) is 0 Å². The summed E-state index contributed by atoms with van der Waals surface area (Å²) in [5, 5.41) is 10.0. The fourth-order valence-corrected chi connectivity index (χ4v) is 6.72. The number of hydrogen-bond acceptors (Lipinski definition) is 5. The molecule has 0 aliphatic carbocycles. The number of carbonyl (C=O) groups excluding carboxylic acids is 2. The summed E-state index contributed by atoms with van der Waals surface area (Å²) in [6, 6.07) is 25.7. The van der Waals surface area contributed by atoms with Crippen LogP contribution in [0.4, 0.5) is 0 Å². The van der Waals surface area contributed by atoms with Crippen molar-refractivity contribution in [3.8, 4) is 0 Å². The normalized spacial score (nSPS) is 13.7. The predicted molar refractivity (Wildman–Crippen MR) is 185 cm³/mol. The van der Waals surface area contributed by atoms with E-state index in [-0.39, 0.29) is 23.9 Å². The lowest BCUT2D eigenvalue weighted by Gasteiger charge is -2.31. The predicted octanol–water partition coefficient (Wildman–Crippen LogP) is 7.66. The number of pyridine rings is 2. The molecule has 0 saturated carbocycles. The maximum absolute atomic E-state index is 13.7. The molecule has 0 aliphatic rings. The fraction of sp³-hybridized carbons (Fsp3) is 0.200. The van der Waals surface area contributed by atoms with E-state index < -0.39 is 6.04 Å². The molecule has 2 amide bonds. The summed E-state index contributed by atoms with van der Waals surface area (Å²) in [5.74, 6) is -0.512. The van der Waals surface area contributed by atoms with E-state index in [0.29, 0.717) is 35.0 Å². The van der Waals surface area contributed by atoms with Gasteiger partial charge in [-0.25, -0.2) is 9.97 Å². The maximum Gasteiger partial charge on any atom is 0.253 e. The molecule has 2 atom stereocenters. The molecule has 0 aliphatic heterocycles. The third-order valence-corrected chi connectivity index (χ3v) is 9.45. The molecule has 6 rings (SSSR count). The van der Waals surface area contributed by atoms with E-state index in [9.17, 15) is 9.59 Å². The van der Waals surface area contributed by atoms with Gasteiger partial charge in [0.1, 0.15) is 0 Å². The quantitative estimate of drug-likeness (QED) is 0.140. The van der Waals surface area contributed by atoms with Crippen molar-refractivity contribution in [3.63, 3.8) is 0 Å². The van der Waals surface area contributed by atoms with Crippen molar-refractivity contribution in [2.24, 2.45) is 5.73 Å². The molecule has 0 spiro atoms. The Kier molecular flexibility index (Phi) is 8.62. The van der Waals surface area contributed by atoms with Gasteiger partial charge < -0.3 is 16.4 Å². The molecule has 222 valence electrons. The van der Waals surface area contributed by atoms with Crippen molar-refractivity contribution < 1.29 is 9.59 Å². The third-order valence-electron chi connectivity index (χ3n) is 8.17. The van der Waals surface area contributed by atoms with Crippen LogP contribution in [0.2, 0.25) is 0 Å². The highest BCUT2D eigenvalue weighted by atomic mass is 79.9. The Hall–Kier alpha value is -3.92.